The second kappa shape index (κ2) is 3.94. The molecule has 1 amide bonds. The Morgan fingerprint density at radius 2 is 2.40 bits per heavy atom. The summed E-state index contributed by atoms with van der Waals surface area (Å²) in [6, 6.07) is 1.15. The number of halogens is 1. The minimum Gasteiger partial charge on any atom is -0.391 e. The highest BCUT2D eigenvalue weighted by Crippen LogP contribution is 2.13. The number of carbonyl (C=O) groups is 1. The van der Waals surface area contributed by atoms with Crippen molar-refractivity contribution in [3.05, 3.63) is 29.8 Å². The molecule has 80 valence electrons. The Morgan fingerprint density at radius 1 is 1.60 bits per heavy atom. The third-order valence-electron chi connectivity index (χ3n) is 2.40. The van der Waals surface area contributed by atoms with Gasteiger partial charge in [0.25, 0.3) is 5.91 Å². The number of hydrogen-bond donors (Lipinski definition) is 1. The smallest absolute Gasteiger partial charge is 0.255 e. The summed E-state index contributed by atoms with van der Waals surface area (Å²) < 4.78 is 12.8. The normalized spacial score (nSPS) is 20.7. The molecule has 15 heavy (non-hydrogen) atoms. The maximum atomic E-state index is 12.8. The largest absolute Gasteiger partial charge is 0.391 e. The van der Waals surface area contributed by atoms with E-state index >= 15 is 0 Å². The van der Waals surface area contributed by atoms with Gasteiger partial charge >= 0.3 is 0 Å². The van der Waals surface area contributed by atoms with E-state index in [1.807, 2.05) is 0 Å². The Labute approximate surface area is 86.4 Å². The zero-order valence-electron chi connectivity index (χ0n) is 8.06. The predicted molar refractivity (Wildman–Crippen MR) is 50.7 cm³/mol. The summed E-state index contributed by atoms with van der Waals surface area (Å²) in [7, 11) is 0. The summed E-state index contributed by atoms with van der Waals surface area (Å²) in [5, 5.41) is 9.27. The molecular weight excluding hydrogens is 199 g/mol. The van der Waals surface area contributed by atoms with Crippen molar-refractivity contribution in [1.29, 1.82) is 0 Å². The van der Waals surface area contributed by atoms with Crippen LogP contribution in [0.3, 0.4) is 0 Å². The number of hydrogen-bond acceptors (Lipinski definition) is 3. The van der Waals surface area contributed by atoms with Crippen molar-refractivity contribution in [2.45, 2.75) is 12.5 Å². The van der Waals surface area contributed by atoms with E-state index in [1.165, 1.54) is 11.1 Å². The van der Waals surface area contributed by atoms with Crippen molar-refractivity contribution < 1.29 is 14.3 Å². The first-order valence-electron chi connectivity index (χ1n) is 4.74. The molecule has 0 unspecified atom stereocenters. The number of amides is 1. The maximum absolute atomic E-state index is 12.8. The monoisotopic (exact) mass is 210 g/mol. The molecule has 1 aliphatic rings. The molecular formula is C10H11FN2O2. The van der Waals surface area contributed by atoms with Crippen LogP contribution < -0.4 is 0 Å². The number of aromatic nitrogens is 1. The molecule has 1 atom stereocenters. The fourth-order valence-electron chi connectivity index (χ4n) is 1.64. The minimum atomic E-state index is -0.527. The number of likely N-dealkylation sites (tertiary alicyclic amines) is 1. The molecule has 1 aromatic rings. The fourth-order valence-corrected chi connectivity index (χ4v) is 1.64. The second-order valence-electron chi connectivity index (χ2n) is 3.59. The van der Waals surface area contributed by atoms with Gasteiger partial charge in [-0.25, -0.2) is 4.39 Å². The average Bonchev–Trinajstić information content (AvgIpc) is 2.64. The van der Waals surface area contributed by atoms with Gasteiger partial charge in [0.05, 0.1) is 17.9 Å². The zero-order chi connectivity index (χ0) is 10.8. The maximum Gasteiger partial charge on any atom is 0.255 e. The number of nitrogens with zero attached hydrogens (tertiary/aromatic N) is 2. The van der Waals surface area contributed by atoms with Crippen LogP contribution in [0.4, 0.5) is 4.39 Å². The molecule has 0 bridgehead atoms. The lowest BCUT2D eigenvalue weighted by atomic mass is 10.2. The van der Waals surface area contributed by atoms with E-state index in [2.05, 4.69) is 4.98 Å². The molecule has 2 heterocycles. The molecule has 4 nitrogen and oxygen atoms in total. The van der Waals surface area contributed by atoms with E-state index in [4.69, 9.17) is 0 Å². The first-order chi connectivity index (χ1) is 7.16. The van der Waals surface area contributed by atoms with Crippen molar-refractivity contribution in [2.24, 2.45) is 0 Å². The number of carbonyl (C=O) groups excluding carboxylic acids is 1. The van der Waals surface area contributed by atoms with Gasteiger partial charge in [-0.05, 0) is 12.5 Å². The molecule has 0 spiro atoms. The highest BCUT2D eigenvalue weighted by atomic mass is 19.1. The molecule has 1 saturated heterocycles. The zero-order valence-corrected chi connectivity index (χ0v) is 8.06. The van der Waals surface area contributed by atoms with Crippen LogP contribution in [0.5, 0.6) is 0 Å². The van der Waals surface area contributed by atoms with Crippen LogP contribution >= 0.6 is 0 Å². The van der Waals surface area contributed by atoms with Crippen LogP contribution in [0.2, 0.25) is 0 Å². The van der Waals surface area contributed by atoms with Crippen molar-refractivity contribution in [3.8, 4) is 0 Å². The quantitative estimate of drug-likeness (QED) is 0.731. The van der Waals surface area contributed by atoms with E-state index < -0.39 is 11.9 Å². The van der Waals surface area contributed by atoms with Gasteiger partial charge in [-0.1, -0.05) is 0 Å². The van der Waals surface area contributed by atoms with Gasteiger partial charge in [-0.3, -0.25) is 9.78 Å². The SMILES string of the molecule is O=C(c1cncc(F)c1)N1CC[C@H](O)C1. The predicted octanol–water partition coefficient (Wildman–Crippen LogP) is 0.428. The molecule has 0 saturated carbocycles. The summed E-state index contributed by atoms with van der Waals surface area (Å²) in [6.07, 6.45) is 2.50. The Balaban J connectivity index is 2.14. The Kier molecular flexibility index (Phi) is 2.64. The molecule has 2 rings (SSSR count). The van der Waals surface area contributed by atoms with Crippen LogP contribution in [0.1, 0.15) is 16.8 Å². The lowest BCUT2D eigenvalue weighted by Gasteiger charge is -2.14. The summed E-state index contributed by atoms with van der Waals surface area (Å²) in [4.78, 5) is 16.9. The van der Waals surface area contributed by atoms with E-state index in [9.17, 15) is 14.3 Å². The van der Waals surface area contributed by atoms with Gasteiger partial charge in [0.1, 0.15) is 5.82 Å². The van der Waals surface area contributed by atoms with Crippen molar-refractivity contribution in [2.75, 3.05) is 13.1 Å². The highest BCUT2D eigenvalue weighted by Gasteiger charge is 2.25. The first kappa shape index (κ1) is 10.0. The minimum absolute atomic E-state index is 0.226. The third kappa shape index (κ3) is 2.12. The number of β-amino-alcohol motifs (C(OH)–C–C–N with tert-alkyl or cyclic N) is 1. The van der Waals surface area contributed by atoms with Gasteiger partial charge in [-0.15, -0.1) is 0 Å². The molecule has 0 aliphatic carbocycles. The topological polar surface area (TPSA) is 53.4 Å². The number of aliphatic hydroxyl groups excluding tert-OH is 1. The van der Waals surface area contributed by atoms with E-state index in [-0.39, 0.29) is 11.5 Å². The molecule has 1 aliphatic heterocycles. The summed E-state index contributed by atoms with van der Waals surface area (Å²) in [5.74, 6) is -0.806. The van der Waals surface area contributed by atoms with Crippen LogP contribution in [0.15, 0.2) is 18.5 Å². The molecule has 0 radical (unpaired) electrons. The van der Waals surface area contributed by atoms with E-state index in [1.54, 1.807) is 0 Å². The molecule has 1 aromatic heterocycles. The summed E-state index contributed by atoms with van der Waals surface area (Å²) in [5.41, 5.74) is 0.226. The van der Waals surface area contributed by atoms with Gasteiger partial charge < -0.3 is 10.0 Å². The van der Waals surface area contributed by atoms with Gasteiger partial charge in [0, 0.05) is 19.3 Å². The lowest BCUT2D eigenvalue weighted by Crippen LogP contribution is -2.29. The Hall–Kier alpha value is -1.49. The Bertz CT molecular complexity index is 383. The van der Waals surface area contributed by atoms with Crippen LogP contribution in [0, 0.1) is 5.82 Å². The second-order valence-corrected chi connectivity index (χ2v) is 3.59. The van der Waals surface area contributed by atoms with Gasteiger partial charge in [0.2, 0.25) is 0 Å². The third-order valence-corrected chi connectivity index (χ3v) is 2.40. The molecule has 1 N–H and O–H groups in total. The van der Waals surface area contributed by atoms with Crippen molar-refractivity contribution in [1.82, 2.24) is 9.88 Å². The molecule has 0 aromatic carbocycles. The lowest BCUT2D eigenvalue weighted by molar-refractivity contribution is 0.0764. The molecule has 5 heteroatoms. The van der Waals surface area contributed by atoms with E-state index in [0.717, 1.165) is 12.3 Å². The number of pyridine rings is 1. The van der Waals surface area contributed by atoms with Gasteiger partial charge in [-0.2, -0.15) is 0 Å². The first-order valence-corrected chi connectivity index (χ1v) is 4.74. The van der Waals surface area contributed by atoms with Crippen molar-refractivity contribution >= 4 is 5.91 Å². The fraction of sp³-hybridized carbons (Fsp3) is 0.400. The van der Waals surface area contributed by atoms with Crippen molar-refractivity contribution in [3.63, 3.8) is 0 Å². The standard InChI is InChI=1S/C10H11FN2O2/c11-8-3-7(4-12-5-8)10(15)13-2-1-9(14)6-13/h3-5,9,14H,1-2,6H2/t9-/m0/s1. The van der Waals surface area contributed by atoms with Crippen LogP contribution in [-0.4, -0.2) is 40.1 Å². The van der Waals surface area contributed by atoms with E-state index in [0.29, 0.717) is 19.5 Å². The van der Waals surface area contributed by atoms with Gasteiger partial charge in [0.15, 0.2) is 0 Å². The van der Waals surface area contributed by atoms with Crippen LogP contribution in [-0.2, 0) is 0 Å². The molecule has 1 fully saturated rings. The summed E-state index contributed by atoms with van der Waals surface area (Å²) in [6.45, 7) is 0.825. The number of rotatable bonds is 1. The van der Waals surface area contributed by atoms with Crippen LogP contribution in [0.25, 0.3) is 0 Å². The number of aliphatic hydroxyl groups is 1. The average molecular weight is 210 g/mol. The Morgan fingerprint density at radius 3 is 3.00 bits per heavy atom. The summed E-state index contributed by atoms with van der Waals surface area (Å²) >= 11 is 0. The highest BCUT2D eigenvalue weighted by molar-refractivity contribution is 5.94.